The minimum Gasteiger partial charge on any atom is -0.462 e. The van der Waals surface area contributed by atoms with Gasteiger partial charge in [-0.05, 0) is 32.9 Å². The Morgan fingerprint density at radius 2 is 1.88 bits per heavy atom. The Kier molecular flexibility index (Phi) is 5.83. The van der Waals surface area contributed by atoms with Crippen molar-refractivity contribution in [2.75, 3.05) is 17.2 Å². The summed E-state index contributed by atoms with van der Waals surface area (Å²) in [6, 6.07) is 5.84. The fourth-order valence-corrected chi connectivity index (χ4v) is 2.06. The number of carbonyl (C=O) groups excluding carboxylic acids is 1. The summed E-state index contributed by atoms with van der Waals surface area (Å²) in [6.07, 6.45) is 1.32. The first-order valence-corrected chi connectivity index (χ1v) is 7.72. The quantitative estimate of drug-likeness (QED) is 0.446. The van der Waals surface area contributed by atoms with E-state index in [1.165, 1.54) is 30.6 Å². The summed E-state index contributed by atoms with van der Waals surface area (Å²) in [5.74, 6) is 0.0500. The van der Waals surface area contributed by atoms with Crippen LogP contribution in [0.5, 0.6) is 0 Å². The third-order valence-electron chi connectivity index (χ3n) is 3.09. The molecule has 1 heterocycles. The van der Waals surface area contributed by atoms with E-state index in [2.05, 4.69) is 20.6 Å². The van der Waals surface area contributed by atoms with Crippen LogP contribution in [0, 0.1) is 10.1 Å². The van der Waals surface area contributed by atoms with Crippen molar-refractivity contribution < 1.29 is 14.5 Å². The van der Waals surface area contributed by atoms with E-state index in [1.807, 2.05) is 13.8 Å². The van der Waals surface area contributed by atoms with Gasteiger partial charge < -0.3 is 15.4 Å². The standard InChI is InChI=1S/C16H19N5O4/c1-4-25-16(22)13-14(19-10(2)3)17-9-18-15(13)20-11-5-7-12(8-6-11)21(23)24/h5-10H,4H2,1-3H3,(H2,17,18,19,20). The highest BCUT2D eigenvalue weighted by Crippen LogP contribution is 2.26. The van der Waals surface area contributed by atoms with Gasteiger partial charge in [0.2, 0.25) is 0 Å². The predicted octanol–water partition coefficient (Wildman–Crippen LogP) is 3.13. The Bertz CT molecular complexity index is 762. The summed E-state index contributed by atoms with van der Waals surface area (Å²) in [6.45, 7) is 5.76. The van der Waals surface area contributed by atoms with Crippen molar-refractivity contribution in [1.82, 2.24) is 9.97 Å². The molecule has 0 saturated heterocycles. The van der Waals surface area contributed by atoms with Crippen LogP contribution >= 0.6 is 0 Å². The number of aromatic nitrogens is 2. The Hall–Kier alpha value is -3.23. The van der Waals surface area contributed by atoms with Crippen molar-refractivity contribution in [3.05, 3.63) is 46.3 Å². The maximum absolute atomic E-state index is 12.3. The van der Waals surface area contributed by atoms with Gasteiger partial charge in [-0.15, -0.1) is 0 Å². The van der Waals surface area contributed by atoms with Gasteiger partial charge in [-0.2, -0.15) is 0 Å². The minimum atomic E-state index is -0.560. The second-order valence-corrected chi connectivity index (χ2v) is 5.39. The fourth-order valence-electron chi connectivity index (χ4n) is 2.06. The lowest BCUT2D eigenvalue weighted by atomic mass is 10.2. The SMILES string of the molecule is CCOC(=O)c1c(Nc2ccc([N+](=O)[O-])cc2)ncnc1NC(C)C. The normalized spacial score (nSPS) is 10.4. The van der Waals surface area contributed by atoms with Gasteiger partial charge in [-0.1, -0.05) is 0 Å². The molecule has 1 aromatic heterocycles. The number of hydrogen-bond acceptors (Lipinski definition) is 8. The van der Waals surface area contributed by atoms with Gasteiger partial charge in [0.05, 0.1) is 11.5 Å². The monoisotopic (exact) mass is 345 g/mol. The van der Waals surface area contributed by atoms with Crippen LogP contribution in [-0.2, 0) is 4.74 Å². The molecule has 0 fully saturated rings. The van der Waals surface area contributed by atoms with Crippen LogP contribution in [0.15, 0.2) is 30.6 Å². The minimum absolute atomic E-state index is 0.0268. The first-order chi connectivity index (χ1) is 11.9. The molecular formula is C16H19N5O4. The lowest BCUT2D eigenvalue weighted by molar-refractivity contribution is -0.384. The molecule has 132 valence electrons. The van der Waals surface area contributed by atoms with Crippen LogP contribution < -0.4 is 10.6 Å². The van der Waals surface area contributed by atoms with E-state index in [-0.39, 0.29) is 29.7 Å². The number of carbonyl (C=O) groups is 1. The van der Waals surface area contributed by atoms with E-state index >= 15 is 0 Å². The van der Waals surface area contributed by atoms with E-state index in [1.54, 1.807) is 6.92 Å². The number of anilines is 3. The van der Waals surface area contributed by atoms with Crippen LogP contribution in [-0.4, -0.2) is 33.5 Å². The fraction of sp³-hybridized carbons (Fsp3) is 0.312. The number of nitro groups is 1. The van der Waals surface area contributed by atoms with E-state index in [0.29, 0.717) is 11.5 Å². The van der Waals surface area contributed by atoms with Crippen LogP contribution in [0.25, 0.3) is 0 Å². The molecule has 0 aliphatic heterocycles. The largest absolute Gasteiger partial charge is 0.462 e. The Labute approximate surface area is 144 Å². The number of nitrogens with zero attached hydrogens (tertiary/aromatic N) is 3. The average Bonchev–Trinajstić information content (AvgIpc) is 2.55. The van der Waals surface area contributed by atoms with Crippen LogP contribution in [0.4, 0.5) is 23.0 Å². The molecule has 0 spiro atoms. The van der Waals surface area contributed by atoms with Crippen molar-refractivity contribution in [3.63, 3.8) is 0 Å². The smallest absolute Gasteiger partial charge is 0.345 e. The van der Waals surface area contributed by atoms with Crippen LogP contribution in [0.2, 0.25) is 0 Å². The summed E-state index contributed by atoms with van der Waals surface area (Å²) in [7, 11) is 0. The molecule has 0 unspecified atom stereocenters. The number of benzene rings is 1. The molecule has 0 amide bonds. The molecule has 9 nitrogen and oxygen atoms in total. The highest BCUT2D eigenvalue weighted by Gasteiger charge is 2.21. The second kappa shape index (κ2) is 8.04. The lowest BCUT2D eigenvalue weighted by Gasteiger charge is -2.16. The predicted molar refractivity (Wildman–Crippen MR) is 93.1 cm³/mol. The Morgan fingerprint density at radius 3 is 2.44 bits per heavy atom. The van der Waals surface area contributed by atoms with Gasteiger partial charge >= 0.3 is 5.97 Å². The molecule has 0 saturated carbocycles. The number of ether oxygens (including phenoxy) is 1. The van der Waals surface area contributed by atoms with Gasteiger partial charge in [0.1, 0.15) is 17.7 Å². The zero-order valence-electron chi connectivity index (χ0n) is 14.1. The highest BCUT2D eigenvalue weighted by molar-refractivity contribution is 6.00. The number of nitrogens with one attached hydrogen (secondary N) is 2. The summed E-state index contributed by atoms with van der Waals surface area (Å²) >= 11 is 0. The first-order valence-electron chi connectivity index (χ1n) is 7.72. The summed E-state index contributed by atoms with van der Waals surface area (Å²) in [5.41, 5.74) is 0.697. The molecule has 0 radical (unpaired) electrons. The summed E-state index contributed by atoms with van der Waals surface area (Å²) < 4.78 is 5.09. The van der Waals surface area contributed by atoms with E-state index in [9.17, 15) is 14.9 Å². The summed E-state index contributed by atoms with van der Waals surface area (Å²) in [4.78, 5) is 30.8. The van der Waals surface area contributed by atoms with Gasteiger partial charge in [0, 0.05) is 23.9 Å². The van der Waals surface area contributed by atoms with Crippen LogP contribution in [0.3, 0.4) is 0 Å². The molecule has 0 aliphatic rings. The van der Waals surface area contributed by atoms with E-state index in [0.717, 1.165) is 0 Å². The molecule has 2 aromatic rings. The first kappa shape index (κ1) is 18.1. The lowest BCUT2D eigenvalue weighted by Crippen LogP contribution is -2.18. The molecule has 1 aromatic carbocycles. The number of non-ortho nitro benzene ring substituents is 1. The van der Waals surface area contributed by atoms with Gasteiger partial charge in [0.25, 0.3) is 5.69 Å². The van der Waals surface area contributed by atoms with Gasteiger partial charge in [-0.25, -0.2) is 14.8 Å². The molecular weight excluding hydrogens is 326 g/mol. The van der Waals surface area contributed by atoms with Crippen molar-refractivity contribution in [2.24, 2.45) is 0 Å². The van der Waals surface area contributed by atoms with Crippen molar-refractivity contribution in [3.8, 4) is 0 Å². The molecule has 0 bridgehead atoms. The zero-order valence-corrected chi connectivity index (χ0v) is 14.1. The number of esters is 1. The molecule has 2 rings (SSSR count). The number of nitro benzene ring substituents is 1. The van der Waals surface area contributed by atoms with Crippen LogP contribution in [0.1, 0.15) is 31.1 Å². The number of hydrogen-bond donors (Lipinski definition) is 2. The molecule has 0 atom stereocenters. The maximum Gasteiger partial charge on any atom is 0.345 e. The third-order valence-corrected chi connectivity index (χ3v) is 3.09. The maximum atomic E-state index is 12.3. The molecule has 9 heteroatoms. The number of rotatable bonds is 7. The molecule has 25 heavy (non-hydrogen) atoms. The Morgan fingerprint density at radius 1 is 1.24 bits per heavy atom. The highest BCUT2D eigenvalue weighted by atomic mass is 16.6. The third kappa shape index (κ3) is 4.63. The van der Waals surface area contributed by atoms with E-state index < -0.39 is 10.9 Å². The summed E-state index contributed by atoms with van der Waals surface area (Å²) in [5, 5.41) is 16.8. The van der Waals surface area contributed by atoms with E-state index in [4.69, 9.17) is 4.74 Å². The topological polar surface area (TPSA) is 119 Å². The van der Waals surface area contributed by atoms with Crippen molar-refractivity contribution in [1.29, 1.82) is 0 Å². The average molecular weight is 345 g/mol. The van der Waals surface area contributed by atoms with Gasteiger partial charge in [-0.3, -0.25) is 10.1 Å². The Balaban J connectivity index is 2.38. The van der Waals surface area contributed by atoms with Gasteiger partial charge in [0.15, 0.2) is 5.82 Å². The molecule has 2 N–H and O–H groups in total. The zero-order chi connectivity index (χ0) is 18.4. The second-order valence-electron chi connectivity index (χ2n) is 5.39. The molecule has 0 aliphatic carbocycles. The van der Waals surface area contributed by atoms with Crippen molar-refractivity contribution in [2.45, 2.75) is 26.8 Å². The van der Waals surface area contributed by atoms with Crippen molar-refractivity contribution >= 4 is 29.0 Å².